The normalized spacial score (nSPS) is 27.7. The summed E-state index contributed by atoms with van der Waals surface area (Å²) >= 11 is 0. The van der Waals surface area contributed by atoms with Crippen LogP contribution in [0.3, 0.4) is 0 Å². The Hall–Kier alpha value is -0.898. The standard InChI is InChI=1S/C16H31BN2O5Si/c1-16(2,3)25(5,6)24-14-13(21)10(23-15(14)17)9-22-11(18)7-8-12(20)19-4/h10,13-15,18,21H,7-9H2,1-6H3,(H,19,20)/t10-,13+,14?,15-/m1/s1/i21D. The molecule has 1 saturated heterocycles. The van der Waals surface area contributed by atoms with E-state index in [1.165, 1.54) is 0 Å². The number of amides is 1. The fraction of sp³-hybridized carbons (Fsp3) is 0.875. The van der Waals surface area contributed by atoms with Crippen LogP contribution in [-0.2, 0) is 18.7 Å². The van der Waals surface area contributed by atoms with Gasteiger partial charge in [-0.1, -0.05) is 20.8 Å². The highest BCUT2D eigenvalue weighted by atomic mass is 28.4. The van der Waals surface area contributed by atoms with Gasteiger partial charge in [-0.25, -0.2) is 0 Å². The monoisotopic (exact) mass is 371 g/mol. The third-order valence-corrected chi connectivity index (χ3v) is 9.34. The summed E-state index contributed by atoms with van der Waals surface area (Å²) in [6, 6.07) is -0.729. The fourth-order valence-corrected chi connectivity index (χ4v) is 3.45. The molecule has 2 radical (unpaired) electrons. The van der Waals surface area contributed by atoms with Crippen LogP contribution in [0.25, 0.3) is 0 Å². The lowest BCUT2D eigenvalue weighted by Gasteiger charge is -2.39. The van der Waals surface area contributed by atoms with Crippen LogP contribution < -0.4 is 5.32 Å². The van der Waals surface area contributed by atoms with Crippen LogP contribution in [0.4, 0.5) is 0 Å². The lowest BCUT2D eigenvalue weighted by molar-refractivity contribution is -0.120. The maximum Gasteiger partial charge on any atom is 0.220 e. The van der Waals surface area contributed by atoms with Gasteiger partial charge in [0.1, 0.15) is 26.7 Å². The first-order valence-electron chi connectivity index (χ1n) is 8.95. The summed E-state index contributed by atoms with van der Waals surface area (Å²) in [5.74, 6) is -0.184. The minimum Gasteiger partial charge on any atom is -0.478 e. The number of aliphatic hydroxyl groups is 1. The van der Waals surface area contributed by atoms with Gasteiger partial charge in [-0.15, -0.1) is 0 Å². The first-order chi connectivity index (χ1) is 11.9. The van der Waals surface area contributed by atoms with E-state index in [0.29, 0.717) is 0 Å². The molecular formula is C16H31BN2O5Si. The molecular weight excluding hydrogens is 339 g/mol. The average molecular weight is 371 g/mol. The number of aliphatic hydroxyl groups excluding tert-OH is 1. The number of carbonyl (C=O) groups excluding carboxylic acids is 1. The average Bonchev–Trinajstić information content (AvgIpc) is 2.84. The number of hydrogen-bond donors (Lipinski definition) is 3. The van der Waals surface area contributed by atoms with Crippen LogP contribution in [0.2, 0.25) is 18.1 Å². The van der Waals surface area contributed by atoms with Gasteiger partial charge < -0.3 is 24.3 Å². The highest BCUT2D eigenvalue weighted by Crippen LogP contribution is 2.39. The van der Waals surface area contributed by atoms with E-state index < -0.39 is 32.6 Å². The maximum absolute atomic E-state index is 11.2. The van der Waals surface area contributed by atoms with E-state index in [0.717, 1.165) is 0 Å². The van der Waals surface area contributed by atoms with E-state index in [-0.39, 0.29) is 36.3 Å². The predicted octanol–water partition coefficient (Wildman–Crippen LogP) is 1.15. The van der Waals surface area contributed by atoms with Gasteiger partial charge in [-0.05, 0) is 18.1 Å². The van der Waals surface area contributed by atoms with E-state index in [1.807, 2.05) is 0 Å². The van der Waals surface area contributed by atoms with Crippen molar-refractivity contribution in [3.05, 3.63) is 0 Å². The summed E-state index contributed by atoms with van der Waals surface area (Å²) in [6.45, 7) is 10.6. The smallest absolute Gasteiger partial charge is 0.220 e. The first kappa shape index (κ1) is 20.4. The topological polar surface area (TPSA) is 101 Å². The molecule has 0 aliphatic carbocycles. The molecule has 1 heterocycles. The van der Waals surface area contributed by atoms with Crippen LogP contribution in [0.5, 0.6) is 0 Å². The van der Waals surface area contributed by atoms with E-state index in [2.05, 4.69) is 39.2 Å². The van der Waals surface area contributed by atoms with Gasteiger partial charge in [0, 0.05) is 25.9 Å². The Morgan fingerprint density at radius 3 is 2.60 bits per heavy atom. The van der Waals surface area contributed by atoms with Gasteiger partial charge in [-0.3, -0.25) is 10.2 Å². The largest absolute Gasteiger partial charge is 0.478 e. The summed E-state index contributed by atoms with van der Waals surface area (Å²) in [5.41, 5.74) is 0. The molecule has 1 aliphatic rings. The SMILES string of the molecule is [2H]O[C@@H]1C(O[Si](C)(C)C(C)(C)C)[C@H]([B])O[C@@H]1COC(=N)CCC(=O)NC. The Balaban J connectivity index is 2.64. The van der Waals surface area contributed by atoms with E-state index >= 15 is 0 Å². The summed E-state index contributed by atoms with van der Waals surface area (Å²) in [5, 5.41) is 15.1. The van der Waals surface area contributed by atoms with Gasteiger partial charge >= 0.3 is 0 Å². The van der Waals surface area contributed by atoms with Gasteiger partial charge in [0.05, 0.1) is 6.10 Å². The molecule has 3 N–H and O–H groups in total. The summed E-state index contributed by atoms with van der Waals surface area (Å²) < 4.78 is 24.7. The second-order valence-corrected chi connectivity index (χ2v) is 12.6. The summed E-state index contributed by atoms with van der Waals surface area (Å²) in [6.07, 6.45) is -1.52. The molecule has 1 rings (SSSR count). The Morgan fingerprint density at radius 2 is 2.08 bits per heavy atom. The van der Waals surface area contributed by atoms with Crippen molar-refractivity contribution in [1.82, 2.24) is 5.32 Å². The van der Waals surface area contributed by atoms with Crippen LogP contribution in [0, 0.1) is 5.41 Å². The first-order valence-corrected chi connectivity index (χ1v) is 11.5. The van der Waals surface area contributed by atoms with Crippen molar-refractivity contribution in [3.8, 4) is 0 Å². The number of carbonyl (C=O) groups is 1. The minimum atomic E-state index is -2.12. The van der Waals surface area contributed by atoms with E-state index in [9.17, 15) is 4.79 Å². The molecule has 1 unspecified atom stereocenters. The van der Waals surface area contributed by atoms with Crippen molar-refractivity contribution in [3.63, 3.8) is 0 Å². The van der Waals surface area contributed by atoms with Crippen LogP contribution in [-0.4, -0.2) is 72.5 Å². The molecule has 0 aromatic heterocycles. The van der Waals surface area contributed by atoms with Crippen LogP contribution in [0.1, 0.15) is 33.6 Å². The molecule has 1 aliphatic heterocycles. The van der Waals surface area contributed by atoms with E-state index in [4.69, 9.17) is 33.7 Å². The molecule has 142 valence electrons. The third kappa shape index (κ3) is 6.09. The number of hydrogen-bond acceptors (Lipinski definition) is 6. The van der Waals surface area contributed by atoms with Crippen molar-refractivity contribution in [2.24, 2.45) is 0 Å². The fourth-order valence-electron chi connectivity index (χ4n) is 2.15. The molecule has 4 atom stereocenters. The third-order valence-electron chi connectivity index (χ3n) is 4.86. The second-order valence-electron chi connectivity index (χ2n) is 7.85. The molecule has 0 bridgehead atoms. The van der Waals surface area contributed by atoms with Gasteiger partial charge in [-0.2, -0.15) is 0 Å². The molecule has 9 heteroatoms. The summed E-state index contributed by atoms with van der Waals surface area (Å²) in [4.78, 5) is 11.2. The van der Waals surface area contributed by atoms with Crippen LogP contribution in [0.15, 0.2) is 0 Å². The van der Waals surface area contributed by atoms with Crippen molar-refractivity contribution >= 4 is 28.0 Å². The molecule has 1 amide bonds. The maximum atomic E-state index is 11.2. The van der Waals surface area contributed by atoms with Crippen molar-refractivity contribution in [1.29, 1.82) is 6.84 Å². The second kappa shape index (κ2) is 8.66. The Kier molecular flexibility index (Phi) is 7.07. The molecule has 0 spiro atoms. The highest BCUT2D eigenvalue weighted by molar-refractivity contribution is 6.74. The van der Waals surface area contributed by atoms with Gasteiger partial charge in [0.2, 0.25) is 7.34 Å². The number of rotatable bonds is 8. The molecule has 0 saturated carbocycles. The molecule has 1 fully saturated rings. The zero-order valence-corrected chi connectivity index (χ0v) is 17.0. The quantitative estimate of drug-likeness (QED) is 0.338. The molecule has 0 aromatic carbocycles. The Bertz CT molecular complexity index is 504. The zero-order chi connectivity index (χ0) is 20.1. The molecule has 7 nitrogen and oxygen atoms in total. The van der Waals surface area contributed by atoms with Crippen molar-refractivity contribution in [2.45, 2.75) is 76.1 Å². The van der Waals surface area contributed by atoms with Gasteiger partial charge in [0.25, 0.3) is 0 Å². The Labute approximate surface area is 154 Å². The number of nitrogens with one attached hydrogen (secondary N) is 2. The minimum absolute atomic E-state index is 0.0151. The Morgan fingerprint density at radius 1 is 1.44 bits per heavy atom. The lowest BCUT2D eigenvalue weighted by Crippen LogP contribution is -2.49. The molecule has 25 heavy (non-hydrogen) atoms. The van der Waals surface area contributed by atoms with E-state index in [1.54, 1.807) is 7.05 Å². The zero-order valence-electron chi connectivity index (χ0n) is 17.0. The predicted molar refractivity (Wildman–Crippen MR) is 99.5 cm³/mol. The lowest BCUT2D eigenvalue weighted by atomic mass is 9.93. The highest BCUT2D eigenvalue weighted by Gasteiger charge is 2.47. The van der Waals surface area contributed by atoms with Gasteiger partial charge in [0.15, 0.2) is 14.2 Å². The van der Waals surface area contributed by atoms with Crippen LogP contribution >= 0.6 is 0 Å². The van der Waals surface area contributed by atoms with Crippen molar-refractivity contribution < 1.29 is 23.8 Å². The van der Waals surface area contributed by atoms with Crippen molar-refractivity contribution in [2.75, 3.05) is 13.7 Å². The molecule has 0 aromatic rings. The number of ether oxygens (including phenoxy) is 2. The summed E-state index contributed by atoms with van der Waals surface area (Å²) in [7, 11) is 5.47.